The molecule has 0 bridgehead atoms. The molecule has 1 N–H and O–H groups in total. The molecule has 1 aliphatic heterocycles. The van der Waals surface area contributed by atoms with Gasteiger partial charge in [0.1, 0.15) is 11.9 Å². The molecule has 5 nitrogen and oxygen atoms in total. The summed E-state index contributed by atoms with van der Waals surface area (Å²) in [6.07, 6.45) is 2.30. The molecule has 1 aliphatic rings. The van der Waals surface area contributed by atoms with E-state index in [-0.39, 0.29) is 5.91 Å². The van der Waals surface area contributed by atoms with E-state index < -0.39 is 0 Å². The van der Waals surface area contributed by atoms with Crippen molar-refractivity contribution in [2.45, 2.75) is 26.7 Å². The highest BCUT2D eigenvalue weighted by Crippen LogP contribution is 2.29. The number of rotatable bonds is 4. The Bertz CT molecular complexity index is 780. The zero-order chi connectivity index (χ0) is 17.1. The lowest BCUT2D eigenvalue weighted by Crippen LogP contribution is -2.31. The number of carbonyl (C=O) groups excluding carboxylic acids is 1. The molecule has 5 heteroatoms. The predicted molar refractivity (Wildman–Crippen MR) is 94.3 cm³/mol. The Morgan fingerprint density at radius 3 is 2.50 bits per heavy atom. The number of nitrogens with zero attached hydrogens (tertiary/aromatic N) is 3. The van der Waals surface area contributed by atoms with Gasteiger partial charge in [-0.3, -0.25) is 14.3 Å². The average Bonchev–Trinajstić information content (AvgIpc) is 3.16. The Labute approximate surface area is 142 Å². The molecule has 0 radical (unpaired) electrons. The summed E-state index contributed by atoms with van der Waals surface area (Å²) in [6.45, 7) is 6.21. The van der Waals surface area contributed by atoms with Crippen LogP contribution in [-0.4, -0.2) is 35.0 Å². The monoisotopic (exact) mass is 322 g/mol. The molecule has 3 rings (SSSR count). The Morgan fingerprint density at radius 2 is 1.88 bits per heavy atom. The molecule has 0 spiro atoms. The number of hydrogen-bond donors (Lipinski definition) is 1. The first-order valence-electron chi connectivity index (χ1n) is 8.31. The van der Waals surface area contributed by atoms with E-state index in [9.17, 15) is 10.1 Å². The van der Waals surface area contributed by atoms with Gasteiger partial charge in [-0.05, 0) is 57.5 Å². The molecule has 0 atom stereocenters. The first-order valence-corrected chi connectivity index (χ1v) is 8.31. The highest BCUT2D eigenvalue weighted by atomic mass is 16.2. The molecule has 1 fully saturated rings. The summed E-state index contributed by atoms with van der Waals surface area (Å²) in [5.41, 5.74) is 3.34. The third-order valence-electron chi connectivity index (χ3n) is 4.66. The minimum atomic E-state index is -0.0666. The van der Waals surface area contributed by atoms with Crippen LogP contribution in [0.15, 0.2) is 30.3 Å². The second-order valence-electron chi connectivity index (χ2n) is 6.25. The van der Waals surface area contributed by atoms with Gasteiger partial charge in [0.05, 0.1) is 12.1 Å². The van der Waals surface area contributed by atoms with E-state index in [1.807, 2.05) is 48.7 Å². The number of anilines is 1. The van der Waals surface area contributed by atoms with Crippen LogP contribution in [0.3, 0.4) is 0 Å². The van der Waals surface area contributed by atoms with Gasteiger partial charge in [0, 0.05) is 11.4 Å². The fourth-order valence-corrected chi connectivity index (χ4v) is 3.28. The fraction of sp³-hybridized carbons (Fsp3) is 0.368. The summed E-state index contributed by atoms with van der Waals surface area (Å²) in [5, 5.41) is 12.5. The van der Waals surface area contributed by atoms with Crippen molar-refractivity contribution in [3.8, 4) is 11.8 Å². The fourth-order valence-electron chi connectivity index (χ4n) is 3.28. The van der Waals surface area contributed by atoms with Gasteiger partial charge < -0.3 is 5.32 Å². The average molecular weight is 322 g/mol. The second kappa shape index (κ2) is 6.90. The Balaban J connectivity index is 1.95. The molecular formula is C19H22N4O. The third kappa shape index (κ3) is 3.06. The predicted octanol–water partition coefficient (Wildman–Crippen LogP) is 3.00. The number of carbonyl (C=O) groups is 1. The first-order chi connectivity index (χ1) is 11.6. The molecule has 1 aromatic heterocycles. The summed E-state index contributed by atoms with van der Waals surface area (Å²) in [6, 6.07) is 12.0. The van der Waals surface area contributed by atoms with Crippen LogP contribution in [0, 0.1) is 25.2 Å². The number of benzene rings is 1. The van der Waals surface area contributed by atoms with Crippen LogP contribution in [0.25, 0.3) is 5.69 Å². The van der Waals surface area contributed by atoms with Gasteiger partial charge in [0.25, 0.3) is 0 Å². The molecule has 24 heavy (non-hydrogen) atoms. The van der Waals surface area contributed by atoms with Crippen molar-refractivity contribution in [2.24, 2.45) is 0 Å². The molecule has 0 unspecified atom stereocenters. The molecule has 1 saturated heterocycles. The van der Waals surface area contributed by atoms with Crippen molar-refractivity contribution in [1.82, 2.24) is 9.47 Å². The van der Waals surface area contributed by atoms with Crippen molar-refractivity contribution in [3.63, 3.8) is 0 Å². The maximum atomic E-state index is 12.5. The lowest BCUT2D eigenvalue weighted by Gasteiger charge is -2.16. The summed E-state index contributed by atoms with van der Waals surface area (Å²) < 4.78 is 1.95. The second-order valence-corrected chi connectivity index (χ2v) is 6.25. The van der Waals surface area contributed by atoms with Gasteiger partial charge in [0.15, 0.2) is 0 Å². The SMILES string of the molecule is Cc1c(C#N)c(NC(=O)CN2CCCC2)n(-c2ccccc2)c1C. The maximum Gasteiger partial charge on any atom is 0.239 e. The molecule has 1 amide bonds. The van der Waals surface area contributed by atoms with Crippen molar-refractivity contribution in [3.05, 3.63) is 47.2 Å². The van der Waals surface area contributed by atoms with E-state index in [1.165, 1.54) is 0 Å². The van der Waals surface area contributed by atoms with Gasteiger partial charge in [0.2, 0.25) is 5.91 Å². The van der Waals surface area contributed by atoms with Crippen molar-refractivity contribution in [1.29, 1.82) is 5.26 Å². The van der Waals surface area contributed by atoms with E-state index in [0.29, 0.717) is 17.9 Å². The van der Waals surface area contributed by atoms with E-state index in [0.717, 1.165) is 42.9 Å². The number of hydrogen-bond acceptors (Lipinski definition) is 3. The Hall–Kier alpha value is -2.58. The number of amides is 1. The molecular weight excluding hydrogens is 300 g/mol. The van der Waals surface area contributed by atoms with Gasteiger partial charge in [-0.25, -0.2) is 0 Å². The molecule has 1 aromatic carbocycles. The van der Waals surface area contributed by atoms with Crippen molar-refractivity contribution >= 4 is 11.7 Å². The standard InChI is InChI=1S/C19H22N4O/c1-14-15(2)23(16-8-4-3-5-9-16)19(17(14)12-20)21-18(24)13-22-10-6-7-11-22/h3-5,8-9H,6-7,10-11,13H2,1-2H3,(H,21,24). The first kappa shape index (κ1) is 16.3. The smallest absolute Gasteiger partial charge is 0.239 e. The van der Waals surface area contributed by atoms with E-state index in [1.54, 1.807) is 0 Å². The minimum absolute atomic E-state index is 0.0666. The summed E-state index contributed by atoms with van der Waals surface area (Å²) in [7, 11) is 0. The Kier molecular flexibility index (Phi) is 4.68. The van der Waals surface area contributed by atoms with Crippen LogP contribution in [0.1, 0.15) is 29.7 Å². The van der Waals surface area contributed by atoms with Crippen LogP contribution in [0.5, 0.6) is 0 Å². The summed E-state index contributed by atoms with van der Waals surface area (Å²) in [5.74, 6) is 0.506. The van der Waals surface area contributed by atoms with Crippen LogP contribution in [0.2, 0.25) is 0 Å². The van der Waals surface area contributed by atoms with Crippen molar-refractivity contribution < 1.29 is 4.79 Å². The third-order valence-corrected chi connectivity index (χ3v) is 4.66. The number of para-hydroxylation sites is 1. The van der Waals surface area contributed by atoms with Crippen LogP contribution < -0.4 is 5.32 Å². The zero-order valence-electron chi connectivity index (χ0n) is 14.2. The van der Waals surface area contributed by atoms with Gasteiger partial charge in [-0.1, -0.05) is 18.2 Å². The zero-order valence-corrected chi connectivity index (χ0v) is 14.2. The van der Waals surface area contributed by atoms with Gasteiger partial charge >= 0.3 is 0 Å². The number of nitriles is 1. The van der Waals surface area contributed by atoms with Crippen LogP contribution >= 0.6 is 0 Å². The molecule has 2 heterocycles. The number of aromatic nitrogens is 1. The summed E-state index contributed by atoms with van der Waals surface area (Å²) >= 11 is 0. The normalized spacial score (nSPS) is 14.5. The van der Waals surface area contributed by atoms with Gasteiger partial charge in [-0.15, -0.1) is 0 Å². The highest BCUT2D eigenvalue weighted by molar-refractivity contribution is 5.93. The van der Waals surface area contributed by atoms with E-state index in [4.69, 9.17) is 0 Å². The quantitative estimate of drug-likeness (QED) is 0.941. The minimum Gasteiger partial charge on any atom is -0.310 e. The topological polar surface area (TPSA) is 61.1 Å². The van der Waals surface area contributed by atoms with Crippen molar-refractivity contribution in [2.75, 3.05) is 25.0 Å². The molecule has 0 aliphatic carbocycles. The highest BCUT2D eigenvalue weighted by Gasteiger charge is 2.22. The van der Waals surface area contributed by atoms with Crippen LogP contribution in [0.4, 0.5) is 5.82 Å². The molecule has 124 valence electrons. The number of likely N-dealkylation sites (tertiary alicyclic amines) is 1. The number of nitrogens with one attached hydrogen (secondary N) is 1. The Morgan fingerprint density at radius 1 is 1.21 bits per heavy atom. The summed E-state index contributed by atoms with van der Waals surface area (Å²) in [4.78, 5) is 14.6. The van der Waals surface area contributed by atoms with Crippen LogP contribution in [-0.2, 0) is 4.79 Å². The molecule has 2 aromatic rings. The van der Waals surface area contributed by atoms with E-state index >= 15 is 0 Å². The largest absolute Gasteiger partial charge is 0.310 e. The van der Waals surface area contributed by atoms with Gasteiger partial charge in [-0.2, -0.15) is 5.26 Å². The lowest BCUT2D eigenvalue weighted by atomic mass is 10.2. The maximum absolute atomic E-state index is 12.5. The lowest BCUT2D eigenvalue weighted by molar-refractivity contribution is -0.117. The molecule has 0 saturated carbocycles. The van der Waals surface area contributed by atoms with E-state index in [2.05, 4.69) is 16.3 Å².